The zero-order valence-corrected chi connectivity index (χ0v) is 12.0. The molecular formula is C14H20O3S. The Bertz CT molecular complexity index is 500. The Morgan fingerprint density at radius 1 is 1.22 bits per heavy atom. The molecule has 0 aliphatic heterocycles. The number of aryl methyl sites for hydroxylation is 1. The maximum absolute atomic E-state index is 12.4. The lowest BCUT2D eigenvalue weighted by Crippen LogP contribution is -2.24. The minimum absolute atomic E-state index is 0.0795. The van der Waals surface area contributed by atoms with Crippen molar-refractivity contribution in [3.63, 3.8) is 0 Å². The zero-order valence-electron chi connectivity index (χ0n) is 11.1. The van der Waals surface area contributed by atoms with Gasteiger partial charge in [0.05, 0.1) is 10.1 Å². The fraction of sp³-hybridized carbons (Fsp3) is 0.500. The lowest BCUT2D eigenvalue weighted by molar-refractivity contribution is -0.117. The van der Waals surface area contributed by atoms with Crippen LogP contribution in [0.4, 0.5) is 0 Å². The Kier molecular flexibility index (Phi) is 5.08. The summed E-state index contributed by atoms with van der Waals surface area (Å²) in [5, 5.41) is -0.595. The van der Waals surface area contributed by atoms with Crippen molar-refractivity contribution in [1.82, 2.24) is 0 Å². The maximum atomic E-state index is 12.4. The largest absolute Gasteiger partial charge is 0.300 e. The fourth-order valence-corrected chi connectivity index (χ4v) is 3.83. The molecule has 0 saturated carbocycles. The molecule has 0 amide bonds. The average Bonchev–Trinajstić information content (AvgIpc) is 2.28. The van der Waals surface area contributed by atoms with E-state index in [4.69, 9.17) is 0 Å². The van der Waals surface area contributed by atoms with Gasteiger partial charge in [0.15, 0.2) is 9.84 Å². The van der Waals surface area contributed by atoms with E-state index < -0.39 is 15.1 Å². The van der Waals surface area contributed by atoms with E-state index >= 15 is 0 Å². The van der Waals surface area contributed by atoms with Crippen LogP contribution in [0.25, 0.3) is 0 Å². The minimum Gasteiger partial charge on any atom is -0.300 e. The van der Waals surface area contributed by atoms with Gasteiger partial charge in [-0.15, -0.1) is 0 Å². The van der Waals surface area contributed by atoms with E-state index in [9.17, 15) is 13.2 Å². The Morgan fingerprint density at radius 3 is 2.22 bits per heavy atom. The molecule has 0 aliphatic rings. The van der Waals surface area contributed by atoms with Crippen LogP contribution in [-0.2, 0) is 14.6 Å². The first-order valence-corrected chi connectivity index (χ1v) is 7.72. The third-order valence-corrected chi connectivity index (χ3v) is 5.12. The van der Waals surface area contributed by atoms with Crippen molar-refractivity contribution in [2.45, 2.75) is 50.2 Å². The van der Waals surface area contributed by atoms with Crippen LogP contribution in [0.2, 0.25) is 0 Å². The first-order chi connectivity index (χ1) is 8.37. The maximum Gasteiger partial charge on any atom is 0.181 e. The second-order valence-corrected chi connectivity index (χ2v) is 6.90. The van der Waals surface area contributed by atoms with Crippen LogP contribution in [0, 0.1) is 6.92 Å². The molecule has 1 atom stereocenters. The van der Waals surface area contributed by atoms with Gasteiger partial charge in [0, 0.05) is 6.42 Å². The molecule has 1 rings (SSSR count). The first kappa shape index (κ1) is 14.9. The molecule has 0 spiro atoms. The molecule has 18 heavy (non-hydrogen) atoms. The second kappa shape index (κ2) is 6.14. The highest BCUT2D eigenvalue weighted by Gasteiger charge is 2.27. The van der Waals surface area contributed by atoms with Gasteiger partial charge in [-0.3, -0.25) is 4.79 Å². The molecule has 0 aromatic heterocycles. The van der Waals surface area contributed by atoms with Gasteiger partial charge in [-0.1, -0.05) is 31.0 Å². The van der Waals surface area contributed by atoms with Crippen molar-refractivity contribution in [3.8, 4) is 0 Å². The third-order valence-electron chi connectivity index (χ3n) is 2.91. The SMILES string of the molecule is CCCC(CC(C)=O)S(=O)(=O)c1ccc(C)cc1. The summed E-state index contributed by atoms with van der Waals surface area (Å²) in [4.78, 5) is 11.5. The van der Waals surface area contributed by atoms with Gasteiger partial charge >= 0.3 is 0 Å². The molecule has 100 valence electrons. The molecule has 1 aromatic carbocycles. The summed E-state index contributed by atoms with van der Waals surface area (Å²) in [5.41, 5.74) is 1.02. The number of Topliss-reactive ketones (excluding diaryl/α,β-unsaturated/α-hetero) is 1. The molecule has 1 aromatic rings. The van der Waals surface area contributed by atoms with E-state index in [-0.39, 0.29) is 12.2 Å². The predicted molar refractivity (Wildman–Crippen MR) is 72.4 cm³/mol. The summed E-state index contributed by atoms with van der Waals surface area (Å²) >= 11 is 0. The Balaban J connectivity index is 3.08. The van der Waals surface area contributed by atoms with Crippen LogP contribution in [0.3, 0.4) is 0 Å². The van der Waals surface area contributed by atoms with Gasteiger partial charge in [-0.25, -0.2) is 8.42 Å². The van der Waals surface area contributed by atoms with E-state index in [1.165, 1.54) is 6.92 Å². The predicted octanol–water partition coefficient (Wildman–Crippen LogP) is 2.92. The highest BCUT2D eigenvalue weighted by Crippen LogP contribution is 2.22. The van der Waals surface area contributed by atoms with Gasteiger partial charge in [-0.2, -0.15) is 0 Å². The lowest BCUT2D eigenvalue weighted by Gasteiger charge is -2.15. The number of hydrogen-bond donors (Lipinski definition) is 0. The van der Waals surface area contributed by atoms with Crippen molar-refractivity contribution < 1.29 is 13.2 Å². The Hall–Kier alpha value is -1.16. The summed E-state index contributed by atoms with van der Waals surface area (Å²) in [6.07, 6.45) is 1.38. The fourth-order valence-electron chi connectivity index (χ4n) is 1.93. The molecule has 0 saturated heterocycles. The Labute approximate surface area is 109 Å². The van der Waals surface area contributed by atoms with Crippen molar-refractivity contribution in [2.24, 2.45) is 0 Å². The van der Waals surface area contributed by atoms with Gasteiger partial charge in [0.1, 0.15) is 5.78 Å². The molecule has 0 radical (unpaired) electrons. The average molecular weight is 268 g/mol. The number of ketones is 1. The highest BCUT2D eigenvalue weighted by atomic mass is 32.2. The minimum atomic E-state index is -3.40. The number of carbonyl (C=O) groups is 1. The normalized spacial score (nSPS) is 13.3. The number of rotatable bonds is 6. The van der Waals surface area contributed by atoms with Gasteiger partial charge in [0.2, 0.25) is 0 Å². The molecule has 0 N–H and O–H groups in total. The summed E-state index contributed by atoms with van der Waals surface area (Å²) in [7, 11) is -3.40. The van der Waals surface area contributed by atoms with E-state index in [1.807, 2.05) is 13.8 Å². The monoisotopic (exact) mass is 268 g/mol. The lowest BCUT2D eigenvalue weighted by atomic mass is 10.1. The second-order valence-electron chi connectivity index (χ2n) is 4.67. The van der Waals surface area contributed by atoms with Gasteiger partial charge < -0.3 is 0 Å². The summed E-state index contributed by atoms with van der Waals surface area (Å²) in [6, 6.07) is 6.80. The summed E-state index contributed by atoms with van der Waals surface area (Å²) < 4.78 is 24.8. The molecule has 0 fully saturated rings. The Morgan fingerprint density at radius 2 is 1.78 bits per heavy atom. The standard InChI is InChI=1S/C14H20O3S/c1-4-5-14(10-12(3)15)18(16,17)13-8-6-11(2)7-9-13/h6-9,14H,4-5,10H2,1-3H3. The van der Waals surface area contributed by atoms with Crippen LogP contribution >= 0.6 is 0 Å². The number of benzene rings is 1. The highest BCUT2D eigenvalue weighted by molar-refractivity contribution is 7.92. The zero-order chi connectivity index (χ0) is 13.8. The van der Waals surface area contributed by atoms with Crippen molar-refractivity contribution in [1.29, 1.82) is 0 Å². The van der Waals surface area contributed by atoms with Gasteiger partial charge in [-0.05, 0) is 32.4 Å². The molecule has 0 heterocycles. The van der Waals surface area contributed by atoms with Crippen LogP contribution in [0.1, 0.15) is 38.7 Å². The molecule has 3 nitrogen and oxygen atoms in total. The number of sulfone groups is 1. The summed E-state index contributed by atoms with van der Waals surface area (Å²) in [6.45, 7) is 5.28. The quantitative estimate of drug-likeness (QED) is 0.797. The molecular weight excluding hydrogens is 248 g/mol. The van der Waals surface area contributed by atoms with Crippen molar-refractivity contribution in [3.05, 3.63) is 29.8 Å². The smallest absolute Gasteiger partial charge is 0.181 e. The van der Waals surface area contributed by atoms with Crippen LogP contribution in [-0.4, -0.2) is 19.5 Å². The number of hydrogen-bond acceptors (Lipinski definition) is 3. The number of carbonyl (C=O) groups excluding carboxylic acids is 1. The first-order valence-electron chi connectivity index (χ1n) is 6.18. The van der Waals surface area contributed by atoms with E-state index in [1.54, 1.807) is 24.3 Å². The topological polar surface area (TPSA) is 51.2 Å². The molecule has 4 heteroatoms. The van der Waals surface area contributed by atoms with Gasteiger partial charge in [0.25, 0.3) is 0 Å². The van der Waals surface area contributed by atoms with E-state index in [2.05, 4.69) is 0 Å². The van der Waals surface area contributed by atoms with Crippen LogP contribution in [0.15, 0.2) is 29.2 Å². The molecule has 0 bridgehead atoms. The van der Waals surface area contributed by atoms with E-state index in [0.717, 1.165) is 12.0 Å². The summed E-state index contributed by atoms with van der Waals surface area (Å²) in [5.74, 6) is -0.0795. The third kappa shape index (κ3) is 3.67. The van der Waals surface area contributed by atoms with Crippen molar-refractivity contribution >= 4 is 15.6 Å². The van der Waals surface area contributed by atoms with Crippen LogP contribution in [0.5, 0.6) is 0 Å². The van der Waals surface area contributed by atoms with Crippen LogP contribution < -0.4 is 0 Å². The van der Waals surface area contributed by atoms with E-state index in [0.29, 0.717) is 11.3 Å². The molecule has 0 aliphatic carbocycles. The molecule has 1 unspecified atom stereocenters. The van der Waals surface area contributed by atoms with Crippen molar-refractivity contribution in [2.75, 3.05) is 0 Å².